The monoisotopic (exact) mass is 456 g/mol. The average Bonchev–Trinajstić information content (AvgIpc) is 3.20. The van der Waals surface area contributed by atoms with Crippen molar-refractivity contribution in [3.63, 3.8) is 0 Å². The van der Waals surface area contributed by atoms with Crippen molar-refractivity contribution in [3.8, 4) is 5.75 Å². The van der Waals surface area contributed by atoms with Gasteiger partial charge in [-0.3, -0.25) is 19.2 Å². The number of carbonyl (C=O) groups excluding carboxylic acids is 4. The van der Waals surface area contributed by atoms with Crippen molar-refractivity contribution in [2.45, 2.75) is 6.54 Å². The van der Waals surface area contributed by atoms with Crippen LogP contribution in [-0.2, 0) is 20.9 Å². The van der Waals surface area contributed by atoms with Crippen LogP contribution in [0.2, 0.25) is 0 Å². The van der Waals surface area contributed by atoms with Gasteiger partial charge in [-0.15, -0.1) is 0 Å². The third-order valence-electron chi connectivity index (χ3n) is 4.64. The second-order valence-electron chi connectivity index (χ2n) is 6.86. The topological polar surface area (TPSA) is 153 Å². The standard InChI is InChI=1S/C20H17FN6O6/c1-32-17(29)8-23-20(31)14-5-13(26-18-11(21)7-24-27(14)18)19(30)22-6-10-2-3-15-12(4-10)25-16(28)9-33-15/h2-5,7H,6,8-9H2,1H3,(H,22,30)(H,23,31)(H,25,28). The number of ether oxygens (including phenoxy) is 2. The molecule has 12 nitrogen and oxygen atoms in total. The summed E-state index contributed by atoms with van der Waals surface area (Å²) < 4.78 is 24.8. The summed E-state index contributed by atoms with van der Waals surface area (Å²) >= 11 is 0. The Labute approximate surface area is 185 Å². The van der Waals surface area contributed by atoms with Gasteiger partial charge in [0.2, 0.25) is 0 Å². The average molecular weight is 456 g/mol. The van der Waals surface area contributed by atoms with Crippen LogP contribution >= 0.6 is 0 Å². The van der Waals surface area contributed by atoms with E-state index in [1.54, 1.807) is 18.2 Å². The van der Waals surface area contributed by atoms with Gasteiger partial charge in [0, 0.05) is 12.6 Å². The quantitative estimate of drug-likeness (QED) is 0.439. The first-order valence-electron chi connectivity index (χ1n) is 9.59. The summed E-state index contributed by atoms with van der Waals surface area (Å²) in [4.78, 5) is 51.9. The zero-order chi connectivity index (χ0) is 23.5. The summed E-state index contributed by atoms with van der Waals surface area (Å²) in [5.41, 5.74) is 0.356. The van der Waals surface area contributed by atoms with Gasteiger partial charge in [-0.05, 0) is 17.7 Å². The van der Waals surface area contributed by atoms with Gasteiger partial charge in [0.1, 0.15) is 23.7 Å². The maximum atomic E-state index is 14.1. The Morgan fingerprint density at radius 1 is 1.24 bits per heavy atom. The molecule has 3 amide bonds. The van der Waals surface area contributed by atoms with Crippen molar-refractivity contribution >= 4 is 35.0 Å². The van der Waals surface area contributed by atoms with Crippen LogP contribution < -0.4 is 20.7 Å². The van der Waals surface area contributed by atoms with Crippen LogP contribution in [0, 0.1) is 5.82 Å². The molecule has 0 fully saturated rings. The molecule has 0 saturated heterocycles. The van der Waals surface area contributed by atoms with E-state index in [0.717, 1.165) is 23.9 Å². The molecule has 0 saturated carbocycles. The molecule has 13 heteroatoms. The molecule has 0 aliphatic carbocycles. The largest absolute Gasteiger partial charge is 0.482 e. The van der Waals surface area contributed by atoms with Crippen LogP contribution in [-0.4, -0.2) is 58.6 Å². The molecule has 3 aromatic rings. The lowest BCUT2D eigenvalue weighted by Crippen LogP contribution is -2.32. The van der Waals surface area contributed by atoms with Crippen LogP contribution in [0.4, 0.5) is 10.1 Å². The number of amides is 3. The lowest BCUT2D eigenvalue weighted by atomic mass is 10.1. The normalized spacial score (nSPS) is 12.4. The van der Waals surface area contributed by atoms with Crippen molar-refractivity contribution in [1.82, 2.24) is 25.2 Å². The van der Waals surface area contributed by atoms with Crippen LogP contribution in [0.5, 0.6) is 5.75 Å². The highest BCUT2D eigenvalue weighted by Crippen LogP contribution is 2.28. The van der Waals surface area contributed by atoms with Crippen LogP contribution in [0.15, 0.2) is 30.5 Å². The fraction of sp³-hybridized carbons (Fsp3) is 0.200. The lowest BCUT2D eigenvalue weighted by Gasteiger charge is -2.18. The molecule has 2 aromatic heterocycles. The van der Waals surface area contributed by atoms with E-state index in [1.165, 1.54) is 0 Å². The Hall–Kier alpha value is -4.55. The summed E-state index contributed by atoms with van der Waals surface area (Å²) in [6, 6.07) is 6.13. The van der Waals surface area contributed by atoms with E-state index in [0.29, 0.717) is 17.0 Å². The Morgan fingerprint density at radius 3 is 2.85 bits per heavy atom. The summed E-state index contributed by atoms with van der Waals surface area (Å²) in [6.45, 7) is -0.443. The first-order chi connectivity index (χ1) is 15.9. The van der Waals surface area contributed by atoms with Gasteiger partial charge in [0.25, 0.3) is 17.7 Å². The number of rotatable bonds is 6. The minimum Gasteiger partial charge on any atom is -0.482 e. The molecule has 1 aliphatic heterocycles. The van der Waals surface area contributed by atoms with E-state index < -0.39 is 30.1 Å². The van der Waals surface area contributed by atoms with E-state index in [9.17, 15) is 23.6 Å². The van der Waals surface area contributed by atoms with Gasteiger partial charge in [-0.25, -0.2) is 13.9 Å². The van der Waals surface area contributed by atoms with Gasteiger partial charge in [-0.2, -0.15) is 5.10 Å². The van der Waals surface area contributed by atoms with Gasteiger partial charge in [0.05, 0.1) is 19.0 Å². The number of aromatic nitrogens is 3. The highest BCUT2D eigenvalue weighted by molar-refractivity contribution is 5.99. The Morgan fingerprint density at radius 2 is 2.06 bits per heavy atom. The van der Waals surface area contributed by atoms with Gasteiger partial charge in [-0.1, -0.05) is 6.07 Å². The van der Waals surface area contributed by atoms with Crippen molar-refractivity contribution < 1.29 is 33.0 Å². The summed E-state index contributed by atoms with van der Waals surface area (Å²) in [5, 5.41) is 11.3. The SMILES string of the molecule is COC(=O)CNC(=O)c1cc(C(=O)NCc2ccc3c(c2)NC(=O)CO3)nc2c(F)cnn12. The van der Waals surface area contributed by atoms with E-state index in [1.807, 2.05) is 0 Å². The molecule has 0 unspecified atom stereocenters. The molecule has 0 atom stereocenters. The maximum Gasteiger partial charge on any atom is 0.325 e. The van der Waals surface area contributed by atoms with Crippen molar-refractivity contribution in [3.05, 3.63) is 53.2 Å². The number of benzene rings is 1. The molecule has 3 heterocycles. The maximum absolute atomic E-state index is 14.1. The molecule has 0 bridgehead atoms. The van der Waals surface area contributed by atoms with Crippen molar-refractivity contribution in [2.75, 3.05) is 25.6 Å². The number of methoxy groups -OCH3 is 1. The van der Waals surface area contributed by atoms with Crippen LogP contribution in [0.3, 0.4) is 0 Å². The molecule has 3 N–H and O–H groups in total. The van der Waals surface area contributed by atoms with Crippen LogP contribution in [0.1, 0.15) is 26.5 Å². The molecular weight excluding hydrogens is 439 g/mol. The molecule has 4 rings (SSSR count). The molecule has 33 heavy (non-hydrogen) atoms. The molecule has 170 valence electrons. The fourth-order valence-electron chi connectivity index (χ4n) is 3.04. The zero-order valence-corrected chi connectivity index (χ0v) is 17.2. The molecule has 1 aliphatic rings. The number of nitrogens with one attached hydrogen (secondary N) is 3. The number of fused-ring (bicyclic) bond motifs is 2. The number of anilines is 1. The molecular formula is C20H17FN6O6. The minimum atomic E-state index is -0.836. The summed E-state index contributed by atoms with van der Waals surface area (Å²) in [5.74, 6) is -2.77. The van der Waals surface area contributed by atoms with E-state index in [-0.39, 0.29) is 36.1 Å². The molecule has 0 spiro atoms. The van der Waals surface area contributed by atoms with E-state index >= 15 is 0 Å². The Bertz CT molecular complexity index is 1290. The number of hydrogen-bond donors (Lipinski definition) is 3. The van der Waals surface area contributed by atoms with Gasteiger partial charge < -0.3 is 25.4 Å². The zero-order valence-electron chi connectivity index (χ0n) is 17.2. The smallest absolute Gasteiger partial charge is 0.325 e. The second kappa shape index (κ2) is 8.90. The predicted molar refractivity (Wildman–Crippen MR) is 109 cm³/mol. The number of hydrogen-bond acceptors (Lipinski definition) is 8. The molecule has 1 aromatic carbocycles. The predicted octanol–water partition coefficient (Wildman–Crippen LogP) is 0.0321. The fourth-order valence-corrected chi connectivity index (χ4v) is 3.04. The number of nitrogens with zero attached hydrogens (tertiary/aromatic N) is 3. The first-order valence-corrected chi connectivity index (χ1v) is 9.59. The second-order valence-corrected chi connectivity index (χ2v) is 6.86. The number of esters is 1. The highest BCUT2D eigenvalue weighted by Gasteiger charge is 2.21. The molecule has 0 radical (unpaired) electrons. The van der Waals surface area contributed by atoms with Crippen molar-refractivity contribution in [1.29, 1.82) is 0 Å². The highest BCUT2D eigenvalue weighted by atomic mass is 19.1. The summed E-state index contributed by atoms with van der Waals surface area (Å²) in [7, 11) is 1.16. The number of carbonyl (C=O) groups is 4. The van der Waals surface area contributed by atoms with E-state index in [4.69, 9.17) is 4.74 Å². The van der Waals surface area contributed by atoms with Crippen molar-refractivity contribution in [2.24, 2.45) is 0 Å². The Kier molecular flexibility index (Phi) is 5.85. The lowest BCUT2D eigenvalue weighted by molar-refractivity contribution is -0.139. The Balaban J connectivity index is 1.54. The third-order valence-corrected chi connectivity index (χ3v) is 4.64. The van der Waals surface area contributed by atoms with Gasteiger partial charge >= 0.3 is 5.97 Å². The number of halogens is 1. The minimum absolute atomic E-state index is 0.0560. The van der Waals surface area contributed by atoms with Gasteiger partial charge in [0.15, 0.2) is 18.1 Å². The third kappa shape index (κ3) is 4.56. The van der Waals surface area contributed by atoms with Crippen LogP contribution in [0.25, 0.3) is 5.65 Å². The summed E-state index contributed by atoms with van der Waals surface area (Å²) in [6.07, 6.45) is 0.852. The first kappa shape index (κ1) is 21.7. The van der Waals surface area contributed by atoms with E-state index in [2.05, 4.69) is 30.8 Å².